The quantitative estimate of drug-likeness (QED) is 0.821. The largest absolute Gasteiger partial charge is 0.368 e. The standard InChI is InChI=1S/C11H21N5/c1-2-8-13-11-14-10(12)16(15-11)9-6-4-3-5-7-9/h9H,2-8H2,1H3,(H3,12,13,14,15). The topological polar surface area (TPSA) is 68.8 Å². The van der Waals surface area contributed by atoms with Crippen molar-refractivity contribution in [1.29, 1.82) is 0 Å². The molecule has 90 valence electrons. The van der Waals surface area contributed by atoms with Crippen LogP contribution in [0.2, 0.25) is 0 Å². The Bertz CT molecular complexity index is 327. The molecule has 2 rings (SSSR count). The summed E-state index contributed by atoms with van der Waals surface area (Å²) in [5.41, 5.74) is 5.89. The van der Waals surface area contributed by atoms with E-state index >= 15 is 0 Å². The van der Waals surface area contributed by atoms with E-state index in [0.717, 1.165) is 13.0 Å². The molecule has 0 aromatic carbocycles. The molecule has 0 unspecified atom stereocenters. The Morgan fingerprint density at radius 1 is 1.38 bits per heavy atom. The highest BCUT2D eigenvalue weighted by Crippen LogP contribution is 2.29. The number of nitrogen functional groups attached to an aromatic ring is 1. The first-order chi connectivity index (χ1) is 7.81. The van der Waals surface area contributed by atoms with Crippen LogP contribution in [0.15, 0.2) is 0 Å². The normalized spacial score (nSPS) is 17.6. The van der Waals surface area contributed by atoms with Crippen molar-refractivity contribution in [1.82, 2.24) is 14.8 Å². The van der Waals surface area contributed by atoms with E-state index in [1.54, 1.807) is 0 Å². The molecule has 1 fully saturated rings. The number of aromatic nitrogens is 3. The number of rotatable bonds is 4. The van der Waals surface area contributed by atoms with Crippen molar-refractivity contribution in [2.45, 2.75) is 51.5 Å². The number of nitrogens with one attached hydrogen (secondary N) is 1. The van der Waals surface area contributed by atoms with Gasteiger partial charge in [0, 0.05) is 6.54 Å². The lowest BCUT2D eigenvalue weighted by Crippen LogP contribution is -2.16. The van der Waals surface area contributed by atoms with Crippen LogP contribution in [0.3, 0.4) is 0 Å². The SMILES string of the molecule is CCCNc1nc(N)n(C2CCCCC2)n1. The summed E-state index contributed by atoms with van der Waals surface area (Å²) in [5, 5.41) is 7.61. The first-order valence-corrected chi connectivity index (χ1v) is 6.27. The Labute approximate surface area is 96.4 Å². The maximum atomic E-state index is 5.89. The van der Waals surface area contributed by atoms with Crippen LogP contribution < -0.4 is 11.1 Å². The molecule has 5 heteroatoms. The summed E-state index contributed by atoms with van der Waals surface area (Å²) in [6.07, 6.45) is 7.33. The number of hydrogen-bond donors (Lipinski definition) is 2. The molecule has 0 spiro atoms. The molecular weight excluding hydrogens is 202 g/mol. The lowest BCUT2D eigenvalue weighted by atomic mass is 9.96. The second-order valence-corrected chi connectivity index (χ2v) is 4.46. The van der Waals surface area contributed by atoms with E-state index in [4.69, 9.17) is 5.73 Å². The van der Waals surface area contributed by atoms with Crippen LogP contribution >= 0.6 is 0 Å². The van der Waals surface area contributed by atoms with E-state index in [1.807, 2.05) is 4.68 Å². The van der Waals surface area contributed by atoms with Crippen LogP contribution in [0.5, 0.6) is 0 Å². The van der Waals surface area contributed by atoms with Gasteiger partial charge >= 0.3 is 0 Å². The lowest BCUT2D eigenvalue weighted by Gasteiger charge is -2.21. The number of anilines is 2. The molecule has 0 atom stereocenters. The fourth-order valence-corrected chi connectivity index (χ4v) is 2.24. The second-order valence-electron chi connectivity index (χ2n) is 4.46. The number of nitrogens with two attached hydrogens (primary N) is 1. The van der Waals surface area contributed by atoms with Gasteiger partial charge in [0.2, 0.25) is 11.9 Å². The van der Waals surface area contributed by atoms with Crippen LogP contribution in [-0.4, -0.2) is 21.3 Å². The highest BCUT2D eigenvalue weighted by Gasteiger charge is 2.19. The average molecular weight is 223 g/mol. The Kier molecular flexibility index (Phi) is 3.64. The first-order valence-electron chi connectivity index (χ1n) is 6.27. The van der Waals surface area contributed by atoms with Gasteiger partial charge in [-0.15, -0.1) is 5.10 Å². The fourth-order valence-electron chi connectivity index (χ4n) is 2.24. The molecule has 1 saturated carbocycles. The van der Waals surface area contributed by atoms with Gasteiger partial charge in [-0.1, -0.05) is 26.2 Å². The summed E-state index contributed by atoms with van der Waals surface area (Å²) in [5.74, 6) is 1.22. The van der Waals surface area contributed by atoms with Gasteiger partial charge in [0.1, 0.15) is 0 Å². The maximum absolute atomic E-state index is 5.89. The maximum Gasteiger partial charge on any atom is 0.243 e. The third-order valence-corrected chi connectivity index (χ3v) is 3.11. The summed E-state index contributed by atoms with van der Waals surface area (Å²) in [6.45, 7) is 3.02. The van der Waals surface area contributed by atoms with Crippen molar-refractivity contribution in [3.8, 4) is 0 Å². The van der Waals surface area contributed by atoms with Gasteiger partial charge in [-0.2, -0.15) is 4.98 Å². The zero-order valence-corrected chi connectivity index (χ0v) is 9.95. The van der Waals surface area contributed by atoms with Gasteiger partial charge in [0.25, 0.3) is 0 Å². The molecule has 1 aliphatic rings. The minimum atomic E-state index is 0.457. The predicted molar refractivity (Wildman–Crippen MR) is 65.3 cm³/mol. The van der Waals surface area contributed by atoms with E-state index in [2.05, 4.69) is 22.3 Å². The molecule has 16 heavy (non-hydrogen) atoms. The zero-order chi connectivity index (χ0) is 11.4. The van der Waals surface area contributed by atoms with Crippen LogP contribution in [0.25, 0.3) is 0 Å². The summed E-state index contributed by atoms with van der Waals surface area (Å²) in [6, 6.07) is 0.457. The fraction of sp³-hybridized carbons (Fsp3) is 0.818. The van der Waals surface area contributed by atoms with Gasteiger partial charge in [-0.05, 0) is 19.3 Å². The molecular formula is C11H21N5. The highest BCUT2D eigenvalue weighted by atomic mass is 15.4. The molecule has 0 bridgehead atoms. The van der Waals surface area contributed by atoms with Gasteiger partial charge in [-0.3, -0.25) is 0 Å². The van der Waals surface area contributed by atoms with Crippen LogP contribution in [0.1, 0.15) is 51.5 Å². The van der Waals surface area contributed by atoms with Gasteiger partial charge in [0.15, 0.2) is 0 Å². The van der Waals surface area contributed by atoms with Crippen molar-refractivity contribution >= 4 is 11.9 Å². The van der Waals surface area contributed by atoms with Crippen LogP contribution in [-0.2, 0) is 0 Å². The Hall–Kier alpha value is -1.26. The van der Waals surface area contributed by atoms with Gasteiger partial charge < -0.3 is 11.1 Å². The molecule has 0 radical (unpaired) electrons. The molecule has 5 nitrogen and oxygen atoms in total. The lowest BCUT2D eigenvalue weighted by molar-refractivity contribution is 0.333. The van der Waals surface area contributed by atoms with Crippen molar-refractivity contribution in [2.24, 2.45) is 0 Å². The summed E-state index contributed by atoms with van der Waals surface area (Å²) in [4.78, 5) is 4.24. The van der Waals surface area contributed by atoms with E-state index in [1.165, 1.54) is 32.1 Å². The van der Waals surface area contributed by atoms with Crippen molar-refractivity contribution in [3.63, 3.8) is 0 Å². The Morgan fingerprint density at radius 2 is 2.12 bits per heavy atom. The third-order valence-electron chi connectivity index (χ3n) is 3.11. The van der Waals surface area contributed by atoms with E-state index in [-0.39, 0.29) is 0 Å². The molecule has 0 saturated heterocycles. The Balaban J connectivity index is 2.04. The molecule has 0 amide bonds. The minimum absolute atomic E-state index is 0.457. The van der Waals surface area contributed by atoms with Crippen molar-refractivity contribution in [2.75, 3.05) is 17.6 Å². The molecule has 1 aliphatic carbocycles. The van der Waals surface area contributed by atoms with E-state index in [0.29, 0.717) is 17.9 Å². The molecule has 1 aromatic heterocycles. The van der Waals surface area contributed by atoms with Crippen LogP contribution in [0.4, 0.5) is 11.9 Å². The smallest absolute Gasteiger partial charge is 0.243 e. The zero-order valence-electron chi connectivity index (χ0n) is 9.95. The van der Waals surface area contributed by atoms with Crippen molar-refractivity contribution in [3.05, 3.63) is 0 Å². The minimum Gasteiger partial charge on any atom is -0.368 e. The average Bonchev–Trinajstić information content (AvgIpc) is 2.69. The first kappa shape index (κ1) is 11.2. The van der Waals surface area contributed by atoms with E-state index in [9.17, 15) is 0 Å². The molecule has 1 aromatic rings. The molecule has 0 aliphatic heterocycles. The monoisotopic (exact) mass is 223 g/mol. The third kappa shape index (κ3) is 2.46. The number of hydrogen-bond acceptors (Lipinski definition) is 4. The second kappa shape index (κ2) is 5.18. The Morgan fingerprint density at radius 3 is 2.81 bits per heavy atom. The predicted octanol–water partition coefficient (Wildman–Crippen LogP) is 2.19. The van der Waals surface area contributed by atoms with Gasteiger partial charge in [-0.25, -0.2) is 4.68 Å². The molecule has 3 N–H and O–H groups in total. The van der Waals surface area contributed by atoms with E-state index < -0.39 is 0 Å². The summed E-state index contributed by atoms with van der Waals surface area (Å²) in [7, 11) is 0. The summed E-state index contributed by atoms with van der Waals surface area (Å²) >= 11 is 0. The van der Waals surface area contributed by atoms with Crippen molar-refractivity contribution < 1.29 is 0 Å². The number of nitrogens with zero attached hydrogens (tertiary/aromatic N) is 3. The van der Waals surface area contributed by atoms with Gasteiger partial charge in [0.05, 0.1) is 6.04 Å². The highest BCUT2D eigenvalue weighted by molar-refractivity contribution is 5.31. The molecule has 1 heterocycles. The van der Waals surface area contributed by atoms with Crippen LogP contribution in [0, 0.1) is 0 Å². The summed E-state index contributed by atoms with van der Waals surface area (Å²) < 4.78 is 1.90.